The summed E-state index contributed by atoms with van der Waals surface area (Å²) in [5.74, 6) is 0. The van der Waals surface area contributed by atoms with Gasteiger partial charge in [0.05, 0.1) is 37.3 Å². The zero-order valence-electron chi connectivity index (χ0n) is 11.2. The lowest BCUT2D eigenvalue weighted by Crippen LogP contribution is -3.14. The third kappa shape index (κ3) is 2.52. The van der Waals surface area contributed by atoms with E-state index in [0.717, 1.165) is 38.4 Å². The van der Waals surface area contributed by atoms with Crippen LogP contribution in [0.15, 0.2) is 33.9 Å². The number of rotatable bonds is 3. The monoisotopic (exact) mass is 276 g/mol. The molecule has 6 nitrogen and oxygen atoms in total. The molecule has 2 heterocycles. The second-order valence-corrected chi connectivity index (χ2v) is 5.04. The van der Waals surface area contributed by atoms with Gasteiger partial charge < -0.3 is 14.6 Å². The summed E-state index contributed by atoms with van der Waals surface area (Å²) in [6, 6.07) is 7.40. The molecule has 0 bridgehead atoms. The molecule has 2 aromatic rings. The van der Waals surface area contributed by atoms with Crippen LogP contribution in [0.2, 0.25) is 0 Å². The first-order chi connectivity index (χ1) is 9.75. The number of H-pyrrole nitrogens is 1. The minimum absolute atomic E-state index is 0.476. The van der Waals surface area contributed by atoms with Crippen LogP contribution in [0.1, 0.15) is 0 Å². The second-order valence-electron chi connectivity index (χ2n) is 5.04. The molecule has 0 saturated carbocycles. The SMILES string of the molecule is O=c1[nH]c2ccccc2n(CC[NH+]2CCOCC2)c1=O. The fraction of sp³-hybridized carbons (Fsp3) is 0.429. The number of nitrogens with zero attached hydrogens (tertiary/aromatic N) is 1. The number of hydrogen-bond acceptors (Lipinski definition) is 3. The lowest BCUT2D eigenvalue weighted by molar-refractivity contribution is -0.908. The van der Waals surface area contributed by atoms with Crippen molar-refractivity contribution in [2.75, 3.05) is 32.8 Å². The number of morpholine rings is 1. The highest BCUT2D eigenvalue weighted by Crippen LogP contribution is 2.06. The van der Waals surface area contributed by atoms with E-state index in [1.165, 1.54) is 4.90 Å². The van der Waals surface area contributed by atoms with Crippen LogP contribution >= 0.6 is 0 Å². The summed E-state index contributed by atoms with van der Waals surface area (Å²) < 4.78 is 6.90. The number of ether oxygens (including phenoxy) is 1. The van der Waals surface area contributed by atoms with Crippen molar-refractivity contribution in [3.63, 3.8) is 0 Å². The maximum Gasteiger partial charge on any atom is 0.316 e. The molecule has 1 aliphatic heterocycles. The number of hydrogen-bond donors (Lipinski definition) is 2. The minimum Gasteiger partial charge on any atom is -0.370 e. The molecular formula is C14H18N3O3+. The van der Waals surface area contributed by atoms with Crippen LogP contribution in [0, 0.1) is 0 Å². The number of fused-ring (bicyclic) bond motifs is 1. The molecule has 6 heteroatoms. The third-order valence-corrected chi connectivity index (χ3v) is 3.77. The van der Waals surface area contributed by atoms with Crippen LogP contribution < -0.4 is 16.0 Å². The van der Waals surface area contributed by atoms with Crippen LogP contribution in [0.4, 0.5) is 0 Å². The van der Waals surface area contributed by atoms with Gasteiger partial charge in [0.25, 0.3) is 0 Å². The minimum atomic E-state index is -0.555. The van der Waals surface area contributed by atoms with Gasteiger partial charge in [-0.05, 0) is 12.1 Å². The molecule has 0 atom stereocenters. The quantitative estimate of drug-likeness (QED) is 0.678. The van der Waals surface area contributed by atoms with Gasteiger partial charge in [-0.2, -0.15) is 0 Å². The average molecular weight is 276 g/mol. The predicted molar refractivity (Wildman–Crippen MR) is 75.2 cm³/mol. The third-order valence-electron chi connectivity index (χ3n) is 3.77. The van der Waals surface area contributed by atoms with E-state index in [0.29, 0.717) is 12.1 Å². The molecule has 0 radical (unpaired) electrons. The van der Waals surface area contributed by atoms with E-state index in [2.05, 4.69) is 4.98 Å². The Bertz CT molecular complexity index is 713. The van der Waals surface area contributed by atoms with Crippen molar-refractivity contribution in [2.24, 2.45) is 0 Å². The summed E-state index contributed by atoms with van der Waals surface area (Å²) in [6.45, 7) is 4.82. The zero-order valence-corrected chi connectivity index (χ0v) is 11.2. The van der Waals surface area contributed by atoms with E-state index in [9.17, 15) is 9.59 Å². The van der Waals surface area contributed by atoms with Crippen molar-refractivity contribution in [3.05, 3.63) is 45.0 Å². The van der Waals surface area contributed by atoms with Gasteiger partial charge in [-0.25, -0.2) is 0 Å². The highest BCUT2D eigenvalue weighted by molar-refractivity contribution is 5.74. The molecule has 1 saturated heterocycles. The summed E-state index contributed by atoms with van der Waals surface area (Å²) in [6.07, 6.45) is 0. The van der Waals surface area contributed by atoms with E-state index in [-0.39, 0.29) is 0 Å². The zero-order chi connectivity index (χ0) is 13.9. The number of aromatic amines is 1. The fourth-order valence-corrected chi connectivity index (χ4v) is 2.62. The van der Waals surface area contributed by atoms with Crippen molar-refractivity contribution in [1.29, 1.82) is 0 Å². The summed E-state index contributed by atoms with van der Waals surface area (Å²) >= 11 is 0. The van der Waals surface area contributed by atoms with Crippen LogP contribution in [0.3, 0.4) is 0 Å². The topological polar surface area (TPSA) is 68.5 Å². The summed E-state index contributed by atoms with van der Waals surface area (Å²) in [5.41, 5.74) is 0.455. The molecule has 3 rings (SSSR count). The lowest BCUT2D eigenvalue weighted by Gasteiger charge is -2.24. The molecule has 2 N–H and O–H groups in total. The van der Waals surface area contributed by atoms with Gasteiger partial charge in [-0.3, -0.25) is 14.2 Å². The van der Waals surface area contributed by atoms with Gasteiger partial charge in [0.1, 0.15) is 13.1 Å². The highest BCUT2D eigenvalue weighted by Gasteiger charge is 2.15. The number of benzene rings is 1. The average Bonchev–Trinajstić information content (AvgIpc) is 2.49. The smallest absolute Gasteiger partial charge is 0.316 e. The first kappa shape index (κ1) is 13.1. The van der Waals surface area contributed by atoms with Gasteiger partial charge in [0.2, 0.25) is 0 Å². The summed E-state index contributed by atoms with van der Waals surface area (Å²) in [5, 5.41) is 0. The van der Waals surface area contributed by atoms with E-state index in [4.69, 9.17) is 4.74 Å². The maximum absolute atomic E-state index is 12.0. The Labute approximate surface area is 115 Å². The molecule has 0 amide bonds. The fourth-order valence-electron chi connectivity index (χ4n) is 2.62. The van der Waals surface area contributed by atoms with Crippen LogP contribution in [0.25, 0.3) is 11.0 Å². The van der Waals surface area contributed by atoms with Crippen molar-refractivity contribution in [2.45, 2.75) is 6.54 Å². The Hall–Kier alpha value is -1.92. The Balaban J connectivity index is 1.91. The first-order valence-corrected chi connectivity index (χ1v) is 6.89. The molecule has 0 unspecified atom stereocenters. The van der Waals surface area contributed by atoms with Crippen LogP contribution in [-0.4, -0.2) is 42.4 Å². The molecule has 106 valence electrons. The normalized spacial score (nSPS) is 16.6. The lowest BCUT2D eigenvalue weighted by atomic mass is 10.3. The second kappa shape index (κ2) is 5.60. The van der Waals surface area contributed by atoms with E-state index in [1.807, 2.05) is 24.3 Å². The Morgan fingerprint density at radius 2 is 1.95 bits per heavy atom. The van der Waals surface area contributed by atoms with E-state index in [1.54, 1.807) is 4.57 Å². The number of aromatic nitrogens is 2. The molecule has 0 spiro atoms. The number of quaternary nitrogens is 1. The molecule has 20 heavy (non-hydrogen) atoms. The molecule has 0 aliphatic carbocycles. The Kier molecular flexibility index (Phi) is 3.66. The Morgan fingerprint density at radius 3 is 2.75 bits per heavy atom. The molecular weight excluding hydrogens is 258 g/mol. The Morgan fingerprint density at radius 1 is 1.20 bits per heavy atom. The molecule has 1 aromatic carbocycles. The standard InChI is InChI=1S/C14H17N3O3/c18-13-14(19)17(6-5-16-7-9-20-10-8-16)12-4-2-1-3-11(12)15-13/h1-4H,5-10H2,(H,15,18)/p+1. The van der Waals surface area contributed by atoms with Crippen molar-refractivity contribution in [1.82, 2.24) is 9.55 Å². The van der Waals surface area contributed by atoms with Gasteiger partial charge in [-0.1, -0.05) is 12.1 Å². The van der Waals surface area contributed by atoms with Crippen molar-refractivity contribution < 1.29 is 9.64 Å². The number of para-hydroxylation sites is 2. The van der Waals surface area contributed by atoms with Crippen LogP contribution in [-0.2, 0) is 11.3 Å². The summed E-state index contributed by atoms with van der Waals surface area (Å²) in [4.78, 5) is 27.8. The van der Waals surface area contributed by atoms with Gasteiger partial charge >= 0.3 is 11.1 Å². The van der Waals surface area contributed by atoms with Gasteiger partial charge in [0.15, 0.2) is 0 Å². The molecule has 1 fully saturated rings. The molecule has 1 aromatic heterocycles. The number of nitrogens with one attached hydrogen (secondary N) is 2. The summed E-state index contributed by atoms with van der Waals surface area (Å²) in [7, 11) is 0. The highest BCUT2D eigenvalue weighted by atomic mass is 16.5. The van der Waals surface area contributed by atoms with E-state index < -0.39 is 11.1 Å². The first-order valence-electron chi connectivity index (χ1n) is 6.89. The largest absolute Gasteiger partial charge is 0.370 e. The van der Waals surface area contributed by atoms with Gasteiger partial charge in [0, 0.05) is 0 Å². The maximum atomic E-state index is 12.0. The van der Waals surface area contributed by atoms with Gasteiger partial charge in [-0.15, -0.1) is 0 Å². The molecule has 1 aliphatic rings. The van der Waals surface area contributed by atoms with Crippen molar-refractivity contribution >= 4 is 11.0 Å². The van der Waals surface area contributed by atoms with E-state index >= 15 is 0 Å². The van der Waals surface area contributed by atoms with Crippen LogP contribution in [0.5, 0.6) is 0 Å². The van der Waals surface area contributed by atoms with Crippen molar-refractivity contribution in [3.8, 4) is 0 Å². The predicted octanol–water partition coefficient (Wildman–Crippen LogP) is -1.40.